The minimum absolute atomic E-state index is 0.0625. The van der Waals surface area contributed by atoms with Crippen LogP contribution in [0, 0.1) is 17.0 Å². The lowest BCUT2D eigenvalue weighted by molar-refractivity contribution is -0.385. The Kier molecular flexibility index (Phi) is 3.94. The van der Waals surface area contributed by atoms with Gasteiger partial charge in [0.2, 0.25) is 0 Å². The van der Waals surface area contributed by atoms with Crippen LogP contribution in [0.5, 0.6) is 0 Å². The monoisotopic (exact) mass is 292 g/mol. The molecule has 0 aliphatic heterocycles. The molecule has 0 spiro atoms. The number of nitrogens with zero attached hydrogens (tertiary/aromatic N) is 2. The summed E-state index contributed by atoms with van der Waals surface area (Å²) in [5.41, 5.74) is 7.07. The van der Waals surface area contributed by atoms with Crippen molar-refractivity contribution in [1.82, 2.24) is 10.3 Å². The number of carbonyl (C=O) groups is 1. The van der Waals surface area contributed by atoms with Gasteiger partial charge in [0.1, 0.15) is 17.6 Å². The van der Waals surface area contributed by atoms with E-state index in [0.717, 1.165) is 17.3 Å². The van der Waals surface area contributed by atoms with E-state index in [1.165, 1.54) is 17.4 Å². The maximum atomic E-state index is 12.0. The number of hydrogen-bond donors (Lipinski definition) is 2. The molecular formula is C12H12N4O3S. The van der Waals surface area contributed by atoms with Crippen molar-refractivity contribution in [3.63, 3.8) is 0 Å². The van der Waals surface area contributed by atoms with E-state index >= 15 is 0 Å². The van der Waals surface area contributed by atoms with Crippen LogP contribution in [-0.4, -0.2) is 15.8 Å². The molecule has 0 atom stereocenters. The van der Waals surface area contributed by atoms with Crippen molar-refractivity contribution in [1.29, 1.82) is 0 Å². The Hall–Kier alpha value is -2.48. The van der Waals surface area contributed by atoms with Crippen LogP contribution in [0.3, 0.4) is 0 Å². The molecule has 0 aliphatic rings. The highest BCUT2D eigenvalue weighted by atomic mass is 32.1. The Morgan fingerprint density at radius 3 is 2.90 bits per heavy atom. The highest BCUT2D eigenvalue weighted by Crippen LogP contribution is 2.19. The zero-order valence-corrected chi connectivity index (χ0v) is 11.4. The largest absolute Gasteiger partial charge is 0.384 e. The zero-order chi connectivity index (χ0) is 14.7. The number of nitrogen functional groups attached to an aromatic ring is 1. The number of rotatable bonds is 4. The predicted molar refractivity (Wildman–Crippen MR) is 75.5 cm³/mol. The van der Waals surface area contributed by atoms with E-state index in [9.17, 15) is 14.9 Å². The number of nitrogens with one attached hydrogen (secondary N) is 1. The number of amides is 1. The van der Waals surface area contributed by atoms with Crippen molar-refractivity contribution in [2.45, 2.75) is 13.5 Å². The zero-order valence-electron chi connectivity index (χ0n) is 10.6. The Morgan fingerprint density at radius 1 is 1.55 bits per heavy atom. The third kappa shape index (κ3) is 2.91. The van der Waals surface area contributed by atoms with Crippen LogP contribution >= 0.6 is 11.3 Å². The second-order valence-corrected chi connectivity index (χ2v) is 4.89. The molecule has 2 aromatic heterocycles. The molecule has 7 nitrogen and oxygen atoms in total. The Morgan fingerprint density at radius 2 is 2.30 bits per heavy atom. The second-order valence-electron chi connectivity index (χ2n) is 4.15. The van der Waals surface area contributed by atoms with E-state index in [1.54, 1.807) is 0 Å². The fourth-order valence-electron chi connectivity index (χ4n) is 1.63. The molecule has 0 unspecified atom stereocenters. The maximum Gasteiger partial charge on any atom is 0.300 e. The lowest BCUT2D eigenvalue weighted by Crippen LogP contribution is -2.24. The number of nitrogens with two attached hydrogens (primary N) is 1. The summed E-state index contributed by atoms with van der Waals surface area (Å²) < 4.78 is 0. The molecular weight excluding hydrogens is 280 g/mol. The third-order valence-corrected chi connectivity index (χ3v) is 3.66. The number of aryl methyl sites for hydroxylation is 1. The Labute approximate surface area is 118 Å². The quantitative estimate of drug-likeness (QED) is 0.660. The summed E-state index contributed by atoms with van der Waals surface area (Å²) >= 11 is 1.53. The van der Waals surface area contributed by atoms with Crippen LogP contribution in [0.1, 0.15) is 21.5 Å². The average Bonchev–Trinajstić information content (AvgIpc) is 2.81. The molecule has 0 bridgehead atoms. The van der Waals surface area contributed by atoms with Crippen molar-refractivity contribution in [2.24, 2.45) is 0 Å². The minimum Gasteiger partial charge on any atom is -0.384 e. The number of aromatic nitrogens is 1. The fourth-order valence-corrected chi connectivity index (χ4v) is 2.49. The number of thiophene rings is 1. The van der Waals surface area contributed by atoms with Gasteiger partial charge < -0.3 is 11.1 Å². The predicted octanol–water partition coefficient (Wildman–Crippen LogP) is 1.87. The smallest absolute Gasteiger partial charge is 0.300 e. The van der Waals surface area contributed by atoms with E-state index in [1.807, 2.05) is 17.7 Å². The summed E-state index contributed by atoms with van der Waals surface area (Å²) in [5, 5.41) is 17.4. The van der Waals surface area contributed by atoms with Gasteiger partial charge in [-0.1, -0.05) is 0 Å². The molecule has 1 amide bonds. The molecule has 0 fully saturated rings. The summed E-state index contributed by atoms with van der Waals surface area (Å²) in [6.07, 6.45) is 0.986. The normalized spacial score (nSPS) is 10.2. The molecule has 0 saturated carbocycles. The molecule has 8 heteroatoms. The van der Waals surface area contributed by atoms with Crippen LogP contribution in [-0.2, 0) is 6.54 Å². The van der Waals surface area contributed by atoms with Crippen LogP contribution in [0.4, 0.5) is 11.5 Å². The van der Waals surface area contributed by atoms with Gasteiger partial charge in [-0.05, 0) is 34.9 Å². The highest BCUT2D eigenvalue weighted by molar-refractivity contribution is 7.08. The number of anilines is 1. The topological polar surface area (TPSA) is 111 Å². The molecule has 0 aromatic carbocycles. The third-order valence-electron chi connectivity index (χ3n) is 2.75. The van der Waals surface area contributed by atoms with Crippen LogP contribution in [0.2, 0.25) is 0 Å². The number of hydrogen-bond acceptors (Lipinski definition) is 6. The Bertz CT molecular complexity index is 668. The number of nitro groups is 1. The lowest BCUT2D eigenvalue weighted by atomic mass is 10.2. The van der Waals surface area contributed by atoms with Gasteiger partial charge in [-0.2, -0.15) is 11.3 Å². The standard InChI is InChI=1S/C12H12N4O3S/c1-7-5-20-6-8(7)3-15-12(17)9-2-11(13)14-4-10(9)16(18)19/h2,4-6H,3H2,1H3,(H2,13,14)(H,15,17). The molecule has 0 saturated heterocycles. The molecule has 0 radical (unpaired) electrons. The average molecular weight is 292 g/mol. The van der Waals surface area contributed by atoms with Gasteiger partial charge >= 0.3 is 0 Å². The Balaban J connectivity index is 2.19. The molecule has 104 valence electrons. The second kappa shape index (κ2) is 5.66. The van der Waals surface area contributed by atoms with Gasteiger partial charge in [0.05, 0.1) is 4.92 Å². The first kappa shape index (κ1) is 13.9. The van der Waals surface area contributed by atoms with Crippen LogP contribution in [0.25, 0.3) is 0 Å². The first-order chi connectivity index (χ1) is 9.49. The molecule has 20 heavy (non-hydrogen) atoms. The minimum atomic E-state index is -0.656. The van der Waals surface area contributed by atoms with Crippen molar-refractivity contribution >= 4 is 28.7 Å². The van der Waals surface area contributed by atoms with Gasteiger partial charge in [0, 0.05) is 6.54 Å². The van der Waals surface area contributed by atoms with E-state index in [-0.39, 0.29) is 17.1 Å². The van der Waals surface area contributed by atoms with E-state index in [0.29, 0.717) is 6.54 Å². The molecule has 2 rings (SSSR count). The number of carbonyl (C=O) groups excluding carboxylic acids is 1. The summed E-state index contributed by atoms with van der Waals surface area (Å²) in [5.74, 6) is -0.483. The van der Waals surface area contributed by atoms with Crippen molar-refractivity contribution in [3.8, 4) is 0 Å². The van der Waals surface area contributed by atoms with Crippen molar-refractivity contribution in [2.75, 3.05) is 5.73 Å². The van der Waals surface area contributed by atoms with Crippen molar-refractivity contribution < 1.29 is 9.72 Å². The first-order valence-corrected chi connectivity index (χ1v) is 6.63. The highest BCUT2D eigenvalue weighted by Gasteiger charge is 2.21. The van der Waals surface area contributed by atoms with Gasteiger partial charge in [-0.25, -0.2) is 4.98 Å². The van der Waals surface area contributed by atoms with Gasteiger partial charge in [0.25, 0.3) is 11.6 Å². The maximum absolute atomic E-state index is 12.0. The van der Waals surface area contributed by atoms with E-state index in [4.69, 9.17) is 5.73 Å². The lowest BCUT2D eigenvalue weighted by Gasteiger charge is -2.06. The number of pyridine rings is 1. The first-order valence-electron chi connectivity index (χ1n) is 5.69. The van der Waals surface area contributed by atoms with Gasteiger partial charge in [-0.3, -0.25) is 14.9 Å². The SMILES string of the molecule is Cc1cscc1CNC(=O)c1cc(N)ncc1[N+](=O)[O-]. The van der Waals surface area contributed by atoms with Gasteiger partial charge in [-0.15, -0.1) is 0 Å². The molecule has 2 aromatic rings. The molecule has 3 N–H and O–H groups in total. The van der Waals surface area contributed by atoms with Crippen molar-refractivity contribution in [3.05, 3.63) is 49.8 Å². The molecule has 0 aliphatic carbocycles. The van der Waals surface area contributed by atoms with E-state index in [2.05, 4.69) is 10.3 Å². The van der Waals surface area contributed by atoms with Gasteiger partial charge in [0.15, 0.2) is 0 Å². The summed E-state index contributed by atoms with van der Waals surface area (Å²) in [6.45, 7) is 2.25. The summed E-state index contributed by atoms with van der Waals surface area (Å²) in [4.78, 5) is 25.9. The fraction of sp³-hybridized carbons (Fsp3) is 0.167. The molecule has 2 heterocycles. The van der Waals surface area contributed by atoms with Crippen LogP contribution < -0.4 is 11.1 Å². The van der Waals surface area contributed by atoms with E-state index < -0.39 is 10.8 Å². The summed E-state index contributed by atoms with van der Waals surface area (Å²) in [6, 6.07) is 1.20. The van der Waals surface area contributed by atoms with Crippen LogP contribution in [0.15, 0.2) is 23.0 Å². The summed E-state index contributed by atoms with van der Waals surface area (Å²) in [7, 11) is 0.